The molecule has 2 aromatic carbocycles. The maximum Gasteiger partial charge on any atom is 0.0372 e. The summed E-state index contributed by atoms with van der Waals surface area (Å²) in [7, 11) is 2.27. The predicted molar refractivity (Wildman–Crippen MR) is 153 cm³/mol. The molecule has 0 unspecified atom stereocenters. The highest BCUT2D eigenvalue weighted by atomic mass is 15.3. The van der Waals surface area contributed by atoms with Crippen molar-refractivity contribution >= 4 is 17.3 Å². The molecular formula is C32H44N4. The van der Waals surface area contributed by atoms with E-state index in [4.69, 9.17) is 0 Å². The molecule has 4 heteroatoms. The minimum Gasteiger partial charge on any atom is -0.371 e. The summed E-state index contributed by atoms with van der Waals surface area (Å²) in [5.41, 5.74) is 7.47. The maximum atomic E-state index is 4.09. The quantitative estimate of drug-likeness (QED) is 0.601. The Hall–Kier alpha value is -2.14. The summed E-state index contributed by atoms with van der Waals surface area (Å²) in [6.45, 7) is 8.43. The van der Waals surface area contributed by atoms with Crippen LogP contribution in [0.15, 0.2) is 48.5 Å². The van der Waals surface area contributed by atoms with Crippen molar-refractivity contribution in [1.82, 2.24) is 15.1 Å². The van der Waals surface area contributed by atoms with E-state index in [1.165, 1.54) is 106 Å². The number of benzene rings is 2. The summed E-state index contributed by atoms with van der Waals surface area (Å²) < 4.78 is 0. The number of anilines is 1. The number of likely N-dealkylation sites (N-methyl/N-ethyl adjacent to an activating group) is 1. The standard InChI is InChI=1S/C32H44N4/c1-34-18-20-36(21-19-34)32(14-5-2-6-15-32)25-33-30-12-16-35(17-13-30)31-11-7-10-28(24-31)29-22-26-8-3-4-9-27(26)23-29/h3-4,7-11,22,24,30,33H,2,5-6,12-21,23,25H2,1H3. The van der Waals surface area contributed by atoms with Crippen molar-refractivity contribution in [3.05, 3.63) is 65.2 Å². The van der Waals surface area contributed by atoms with E-state index in [0.717, 1.165) is 19.5 Å². The number of hydrogen-bond donors (Lipinski definition) is 1. The van der Waals surface area contributed by atoms with Crippen molar-refractivity contribution in [2.75, 3.05) is 57.8 Å². The zero-order valence-corrected chi connectivity index (χ0v) is 22.2. The van der Waals surface area contributed by atoms with Crippen LogP contribution in [-0.2, 0) is 6.42 Å². The third-order valence-electron chi connectivity index (χ3n) is 9.52. The lowest BCUT2D eigenvalue weighted by molar-refractivity contribution is 0.0116. The van der Waals surface area contributed by atoms with Crippen LogP contribution in [0, 0.1) is 0 Å². The number of nitrogens with zero attached hydrogens (tertiary/aromatic N) is 3. The molecule has 2 saturated heterocycles. The first-order valence-corrected chi connectivity index (χ1v) is 14.5. The van der Waals surface area contributed by atoms with Crippen molar-refractivity contribution in [2.45, 2.75) is 62.9 Å². The van der Waals surface area contributed by atoms with E-state index in [9.17, 15) is 0 Å². The minimum atomic E-state index is 0.400. The van der Waals surface area contributed by atoms with Gasteiger partial charge in [0.05, 0.1) is 0 Å². The number of allylic oxidation sites excluding steroid dienone is 1. The summed E-state index contributed by atoms with van der Waals surface area (Å²) in [6, 6.07) is 18.7. The molecule has 4 nitrogen and oxygen atoms in total. The zero-order valence-electron chi connectivity index (χ0n) is 22.2. The Morgan fingerprint density at radius 2 is 1.64 bits per heavy atom. The first-order chi connectivity index (χ1) is 17.7. The van der Waals surface area contributed by atoms with E-state index in [1.807, 2.05) is 0 Å². The number of fused-ring (bicyclic) bond motifs is 1. The van der Waals surface area contributed by atoms with Gasteiger partial charge in [-0.2, -0.15) is 0 Å². The monoisotopic (exact) mass is 484 g/mol. The van der Waals surface area contributed by atoms with Gasteiger partial charge in [0.2, 0.25) is 0 Å². The average molecular weight is 485 g/mol. The molecule has 4 aliphatic rings. The maximum absolute atomic E-state index is 4.09. The highest BCUT2D eigenvalue weighted by molar-refractivity contribution is 5.89. The van der Waals surface area contributed by atoms with Crippen LogP contribution in [0.25, 0.3) is 11.6 Å². The Morgan fingerprint density at radius 3 is 2.42 bits per heavy atom. The lowest BCUT2D eigenvalue weighted by Crippen LogP contribution is -2.62. The van der Waals surface area contributed by atoms with Crippen LogP contribution >= 0.6 is 0 Å². The SMILES string of the molecule is CN1CCN(C2(CNC3CCN(c4cccc(C5=Cc6ccccc6C5)c4)CC3)CCCCC2)CC1. The van der Waals surface area contributed by atoms with Crippen LogP contribution in [0.5, 0.6) is 0 Å². The van der Waals surface area contributed by atoms with Crippen LogP contribution in [0.2, 0.25) is 0 Å². The van der Waals surface area contributed by atoms with Gasteiger partial charge in [-0.15, -0.1) is 0 Å². The number of nitrogens with one attached hydrogen (secondary N) is 1. The highest BCUT2D eigenvalue weighted by Crippen LogP contribution is 2.35. The largest absolute Gasteiger partial charge is 0.371 e. The Morgan fingerprint density at radius 1 is 0.861 bits per heavy atom. The summed E-state index contributed by atoms with van der Waals surface area (Å²) >= 11 is 0. The van der Waals surface area contributed by atoms with Gasteiger partial charge >= 0.3 is 0 Å². The van der Waals surface area contributed by atoms with E-state index < -0.39 is 0 Å². The molecule has 2 aliphatic carbocycles. The van der Waals surface area contributed by atoms with Crippen LogP contribution in [-0.4, -0.2) is 74.2 Å². The molecule has 0 spiro atoms. The Bertz CT molecular complexity index is 1050. The number of piperidine rings is 1. The second-order valence-corrected chi connectivity index (χ2v) is 11.8. The third-order valence-corrected chi connectivity index (χ3v) is 9.52. The fourth-order valence-corrected chi connectivity index (χ4v) is 7.14. The molecule has 6 rings (SSSR count). The second kappa shape index (κ2) is 10.7. The summed E-state index contributed by atoms with van der Waals surface area (Å²) in [6.07, 6.45) is 12.9. The fraction of sp³-hybridized carbons (Fsp3) is 0.562. The first-order valence-electron chi connectivity index (χ1n) is 14.5. The molecule has 0 aromatic heterocycles. The molecule has 3 fully saturated rings. The van der Waals surface area contributed by atoms with Gasteiger partial charge in [0.1, 0.15) is 0 Å². The average Bonchev–Trinajstić information content (AvgIpc) is 3.38. The van der Waals surface area contributed by atoms with Crippen molar-refractivity contribution < 1.29 is 0 Å². The number of piperazine rings is 1. The molecule has 0 radical (unpaired) electrons. The Kier molecular flexibility index (Phi) is 7.19. The van der Waals surface area contributed by atoms with Crippen molar-refractivity contribution in [1.29, 1.82) is 0 Å². The van der Waals surface area contributed by atoms with Crippen molar-refractivity contribution in [3.8, 4) is 0 Å². The molecule has 0 atom stereocenters. The third kappa shape index (κ3) is 5.14. The molecule has 2 aromatic rings. The molecular weight excluding hydrogens is 440 g/mol. The molecule has 2 heterocycles. The topological polar surface area (TPSA) is 21.8 Å². The number of rotatable bonds is 6. The van der Waals surface area contributed by atoms with Crippen LogP contribution < -0.4 is 10.2 Å². The highest BCUT2D eigenvalue weighted by Gasteiger charge is 2.39. The summed E-state index contributed by atoms with van der Waals surface area (Å²) in [5.74, 6) is 0. The smallest absolute Gasteiger partial charge is 0.0372 e. The molecule has 192 valence electrons. The van der Waals surface area contributed by atoms with Crippen molar-refractivity contribution in [3.63, 3.8) is 0 Å². The van der Waals surface area contributed by atoms with Gasteiger partial charge in [-0.25, -0.2) is 0 Å². The van der Waals surface area contributed by atoms with Crippen LogP contribution in [0.1, 0.15) is 61.6 Å². The normalized spacial score (nSPS) is 23.5. The molecule has 0 amide bonds. The number of hydrogen-bond acceptors (Lipinski definition) is 4. The Labute approximate surface area is 218 Å². The van der Waals surface area contributed by atoms with Crippen molar-refractivity contribution in [2.24, 2.45) is 0 Å². The van der Waals surface area contributed by atoms with Gasteiger partial charge < -0.3 is 15.1 Å². The van der Waals surface area contributed by atoms with Crippen LogP contribution in [0.4, 0.5) is 5.69 Å². The van der Waals surface area contributed by atoms with E-state index in [1.54, 1.807) is 0 Å². The van der Waals surface area contributed by atoms with Gasteiger partial charge in [0.25, 0.3) is 0 Å². The predicted octanol–water partition coefficient (Wildman–Crippen LogP) is 5.29. The lowest BCUT2D eigenvalue weighted by Gasteiger charge is -2.50. The summed E-state index contributed by atoms with van der Waals surface area (Å²) in [4.78, 5) is 7.96. The molecule has 2 aliphatic heterocycles. The van der Waals surface area contributed by atoms with Gasteiger partial charge in [-0.1, -0.05) is 61.7 Å². The summed E-state index contributed by atoms with van der Waals surface area (Å²) in [5, 5.41) is 4.09. The van der Waals surface area contributed by atoms with Gasteiger partial charge in [-0.3, -0.25) is 4.90 Å². The lowest BCUT2D eigenvalue weighted by atomic mass is 9.79. The van der Waals surface area contributed by atoms with E-state index in [-0.39, 0.29) is 0 Å². The Balaban J connectivity index is 1.05. The molecule has 1 N–H and O–H groups in total. The van der Waals surface area contributed by atoms with Gasteiger partial charge in [0, 0.05) is 63.1 Å². The zero-order chi connectivity index (χ0) is 24.4. The minimum absolute atomic E-state index is 0.400. The van der Waals surface area contributed by atoms with E-state index >= 15 is 0 Å². The van der Waals surface area contributed by atoms with Crippen LogP contribution in [0.3, 0.4) is 0 Å². The fourth-order valence-electron chi connectivity index (χ4n) is 7.14. The second-order valence-electron chi connectivity index (χ2n) is 11.8. The van der Waals surface area contributed by atoms with Gasteiger partial charge in [0.15, 0.2) is 0 Å². The van der Waals surface area contributed by atoms with E-state index in [2.05, 4.69) is 81.7 Å². The molecule has 1 saturated carbocycles. The van der Waals surface area contributed by atoms with E-state index in [0.29, 0.717) is 11.6 Å². The van der Waals surface area contributed by atoms with Gasteiger partial charge in [-0.05, 0) is 73.5 Å². The first kappa shape index (κ1) is 24.2. The molecule has 0 bridgehead atoms. The molecule has 36 heavy (non-hydrogen) atoms.